The summed E-state index contributed by atoms with van der Waals surface area (Å²) in [6.07, 6.45) is 0.778. The zero-order valence-corrected chi connectivity index (χ0v) is 17.3. The molecule has 144 valence electrons. The van der Waals surface area contributed by atoms with Crippen LogP contribution in [-0.4, -0.2) is 55.1 Å². The van der Waals surface area contributed by atoms with Gasteiger partial charge < -0.3 is 10.6 Å². The molecule has 2 heterocycles. The first-order valence-corrected chi connectivity index (χ1v) is 9.25. The highest BCUT2D eigenvalue weighted by Crippen LogP contribution is 2.20. The Kier molecular flexibility index (Phi) is 10.1. The van der Waals surface area contributed by atoms with Crippen molar-refractivity contribution in [3.8, 4) is 0 Å². The van der Waals surface area contributed by atoms with Crippen LogP contribution in [0.4, 0.5) is 0 Å². The number of benzene rings is 1. The maximum absolute atomic E-state index is 12.4. The summed E-state index contributed by atoms with van der Waals surface area (Å²) in [5.41, 5.74) is 2.04. The summed E-state index contributed by atoms with van der Waals surface area (Å²) >= 11 is 1.50. The minimum atomic E-state index is -0.000513. The van der Waals surface area contributed by atoms with Crippen LogP contribution in [0.3, 0.4) is 0 Å². The molecule has 26 heavy (non-hydrogen) atoms. The first-order chi connectivity index (χ1) is 11.7. The van der Waals surface area contributed by atoms with Crippen LogP contribution in [0, 0.1) is 6.92 Å². The number of hydrogen-bond donors (Lipinski definition) is 2. The molecule has 0 aliphatic carbocycles. The first-order valence-electron chi connectivity index (χ1n) is 8.44. The summed E-state index contributed by atoms with van der Waals surface area (Å²) in [5, 5.41) is 7.36. The van der Waals surface area contributed by atoms with Crippen molar-refractivity contribution in [3.05, 3.63) is 51.5 Å². The van der Waals surface area contributed by atoms with Gasteiger partial charge in [-0.1, -0.05) is 30.3 Å². The van der Waals surface area contributed by atoms with E-state index in [1.807, 2.05) is 25.1 Å². The van der Waals surface area contributed by atoms with E-state index in [2.05, 4.69) is 32.7 Å². The SMILES string of the molecule is Cc1nc(Cc2ccccc2)sc1C(=O)NCCN1CCNCC1.Cl.Cl. The van der Waals surface area contributed by atoms with Gasteiger partial charge in [-0.05, 0) is 12.5 Å². The van der Waals surface area contributed by atoms with Crippen molar-refractivity contribution < 1.29 is 4.79 Å². The van der Waals surface area contributed by atoms with E-state index in [-0.39, 0.29) is 30.7 Å². The lowest BCUT2D eigenvalue weighted by molar-refractivity contribution is 0.0950. The van der Waals surface area contributed by atoms with Gasteiger partial charge in [0.1, 0.15) is 4.88 Å². The average Bonchev–Trinajstić information content (AvgIpc) is 2.97. The number of aryl methyl sites for hydroxylation is 1. The van der Waals surface area contributed by atoms with Crippen LogP contribution >= 0.6 is 36.2 Å². The zero-order valence-electron chi connectivity index (χ0n) is 14.9. The van der Waals surface area contributed by atoms with Crippen LogP contribution < -0.4 is 10.6 Å². The Morgan fingerprint density at radius 2 is 1.92 bits per heavy atom. The van der Waals surface area contributed by atoms with Gasteiger partial charge in [-0.25, -0.2) is 4.98 Å². The fraction of sp³-hybridized carbons (Fsp3) is 0.444. The van der Waals surface area contributed by atoms with Crippen LogP contribution in [0.2, 0.25) is 0 Å². The van der Waals surface area contributed by atoms with Crippen molar-refractivity contribution in [1.29, 1.82) is 0 Å². The second-order valence-corrected chi connectivity index (χ2v) is 7.12. The van der Waals surface area contributed by atoms with E-state index < -0.39 is 0 Å². The van der Waals surface area contributed by atoms with E-state index in [0.29, 0.717) is 6.54 Å². The van der Waals surface area contributed by atoms with E-state index in [1.54, 1.807) is 0 Å². The lowest BCUT2D eigenvalue weighted by Crippen LogP contribution is -2.46. The molecule has 0 atom stereocenters. The highest BCUT2D eigenvalue weighted by Gasteiger charge is 2.16. The van der Waals surface area contributed by atoms with Crippen LogP contribution in [-0.2, 0) is 6.42 Å². The maximum atomic E-state index is 12.4. The van der Waals surface area contributed by atoms with Gasteiger partial charge in [-0.3, -0.25) is 9.69 Å². The van der Waals surface area contributed by atoms with Crippen molar-refractivity contribution in [1.82, 2.24) is 20.5 Å². The van der Waals surface area contributed by atoms with Gasteiger partial charge in [0, 0.05) is 45.7 Å². The Bertz CT molecular complexity index is 675. The van der Waals surface area contributed by atoms with E-state index in [1.165, 1.54) is 16.9 Å². The normalized spacial score (nSPS) is 14.2. The minimum Gasteiger partial charge on any atom is -0.350 e. The Morgan fingerprint density at radius 1 is 1.23 bits per heavy atom. The Labute approximate surface area is 171 Å². The molecule has 0 unspecified atom stereocenters. The molecule has 0 saturated carbocycles. The van der Waals surface area contributed by atoms with Crippen LogP contribution in [0.25, 0.3) is 0 Å². The zero-order chi connectivity index (χ0) is 16.8. The number of nitrogens with zero attached hydrogens (tertiary/aromatic N) is 2. The van der Waals surface area contributed by atoms with Gasteiger partial charge in [0.05, 0.1) is 10.7 Å². The summed E-state index contributed by atoms with van der Waals surface area (Å²) in [5.74, 6) is -0.000513. The molecule has 1 amide bonds. The van der Waals surface area contributed by atoms with Crippen molar-refractivity contribution in [2.24, 2.45) is 0 Å². The molecule has 0 bridgehead atoms. The Hall–Kier alpha value is -1.18. The lowest BCUT2D eigenvalue weighted by atomic mass is 10.2. The van der Waals surface area contributed by atoms with Crippen LogP contribution in [0.15, 0.2) is 30.3 Å². The number of nitrogens with one attached hydrogen (secondary N) is 2. The van der Waals surface area contributed by atoms with Crippen molar-refractivity contribution >= 4 is 42.1 Å². The largest absolute Gasteiger partial charge is 0.350 e. The third-order valence-electron chi connectivity index (χ3n) is 4.17. The fourth-order valence-corrected chi connectivity index (χ4v) is 3.87. The number of rotatable bonds is 6. The molecule has 5 nitrogen and oxygen atoms in total. The summed E-state index contributed by atoms with van der Waals surface area (Å²) in [6, 6.07) is 10.2. The van der Waals surface area contributed by atoms with Crippen LogP contribution in [0.5, 0.6) is 0 Å². The molecular weight excluding hydrogens is 391 g/mol. The van der Waals surface area contributed by atoms with Crippen LogP contribution in [0.1, 0.15) is 25.9 Å². The van der Waals surface area contributed by atoms with Crippen molar-refractivity contribution in [2.45, 2.75) is 13.3 Å². The van der Waals surface area contributed by atoms with Crippen molar-refractivity contribution in [3.63, 3.8) is 0 Å². The molecule has 1 aromatic heterocycles. The van der Waals surface area contributed by atoms with Gasteiger partial charge in [-0.15, -0.1) is 36.2 Å². The summed E-state index contributed by atoms with van der Waals surface area (Å²) in [6.45, 7) is 7.67. The summed E-state index contributed by atoms with van der Waals surface area (Å²) in [4.78, 5) is 20.1. The predicted molar refractivity (Wildman–Crippen MR) is 112 cm³/mol. The van der Waals surface area contributed by atoms with E-state index >= 15 is 0 Å². The number of piperazine rings is 1. The third-order valence-corrected chi connectivity index (χ3v) is 5.32. The number of carbonyl (C=O) groups excluding carboxylic acids is 1. The topological polar surface area (TPSA) is 57.3 Å². The lowest BCUT2D eigenvalue weighted by Gasteiger charge is -2.27. The molecule has 1 fully saturated rings. The average molecular weight is 417 g/mol. The fourth-order valence-electron chi connectivity index (χ4n) is 2.85. The molecule has 2 aromatic rings. The maximum Gasteiger partial charge on any atom is 0.263 e. The highest BCUT2D eigenvalue weighted by atomic mass is 35.5. The second-order valence-electron chi connectivity index (χ2n) is 6.03. The molecule has 1 aromatic carbocycles. The van der Waals surface area contributed by atoms with Gasteiger partial charge >= 0.3 is 0 Å². The van der Waals surface area contributed by atoms with E-state index in [9.17, 15) is 4.79 Å². The molecule has 3 rings (SSSR count). The van der Waals surface area contributed by atoms with Gasteiger partial charge in [0.25, 0.3) is 5.91 Å². The predicted octanol–water partition coefficient (Wildman–Crippen LogP) is 2.52. The first kappa shape index (κ1) is 22.9. The third kappa shape index (κ3) is 6.52. The summed E-state index contributed by atoms with van der Waals surface area (Å²) in [7, 11) is 0. The Morgan fingerprint density at radius 3 is 2.62 bits per heavy atom. The Balaban J connectivity index is 0.00000169. The standard InChI is InChI=1S/C18H24N4OS.2ClH/c1-14-17(18(23)20-9-12-22-10-7-19-8-11-22)24-16(21-14)13-15-5-3-2-4-6-15;;/h2-6,19H,7-13H2,1H3,(H,20,23);2*1H. The number of halogens is 2. The molecule has 2 N–H and O–H groups in total. The highest BCUT2D eigenvalue weighted by molar-refractivity contribution is 7.13. The number of aromatic nitrogens is 1. The smallest absolute Gasteiger partial charge is 0.263 e. The van der Waals surface area contributed by atoms with Gasteiger partial charge in [0.2, 0.25) is 0 Å². The number of amides is 1. The van der Waals surface area contributed by atoms with Crippen molar-refractivity contribution in [2.75, 3.05) is 39.3 Å². The molecule has 8 heteroatoms. The van der Waals surface area contributed by atoms with Gasteiger partial charge in [-0.2, -0.15) is 0 Å². The molecule has 1 saturated heterocycles. The summed E-state index contributed by atoms with van der Waals surface area (Å²) < 4.78 is 0. The molecule has 0 radical (unpaired) electrons. The monoisotopic (exact) mass is 416 g/mol. The molecular formula is C18H26Cl2N4OS. The molecule has 0 spiro atoms. The second kappa shape index (κ2) is 11.5. The quantitative estimate of drug-likeness (QED) is 0.759. The molecule has 1 aliphatic rings. The van der Waals surface area contributed by atoms with Gasteiger partial charge in [0.15, 0.2) is 0 Å². The van der Waals surface area contributed by atoms with E-state index in [4.69, 9.17) is 0 Å². The minimum absolute atomic E-state index is 0. The molecule has 1 aliphatic heterocycles. The number of thiazole rings is 1. The number of hydrogen-bond acceptors (Lipinski definition) is 5. The van der Waals surface area contributed by atoms with E-state index in [0.717, 1.165) is 54.7 Å². The number of carbonyl (C=O) groups is 1.